The Labute approximate surface area is 77.5 Å². The van der Waals surface area contributed by atoms with Gasteiger partial charge in [-0.05, 0) is 13.3 Å². The van der Waals surface area contributed by atoms with E-state index in [1.165, 1.54) is 0 Å². The van der Waals surface area contributed by atoms with E-state index in [0.717, 1.165) is 6.42 Å². The maximum Gasteiger partial charge on any atom is 0.351 e. The molecule has 0 heterocycles. The first-order valence-electron chi connectivity index (χ1n) is 3.94. The molecule has 0 spiro atoms. The first kappa shape index (κ1) is 11.3. The summed E-state index contributed by atoms with van der Waals surface area (Å²) in [6.45, 7) is 3.99. The molecule has 0 saturated carbocycles. The van der Waals surface area contributed by atoms with Gasteiger partial charge in [-0.1, -0.05) is 24.9 Å². The molecule has 0 aliphatic rings. The van der Waals surface area contributed by atoms with Crippen molar-refractivity contribution in [1.82, 2.24) is 0 Å². The molecule has 0 aliphatic carbocycles. The molecule has 0 unspecified atom stereocenters. The van der Waals surface area contributed by atoms with Gasteiger partial charge in [-0.15, -0.1) is 0 Å². The summed E-state index contributed by atoms with van der Waals surface area (Å²) in [6.07, 6.45) is 1.49. The number of hydrogen-bond donors (Lipinski definition) is 1. The van der Waals surface area contributed by atoms with Crippen molar-refractivity contribution in [2.75, 3.05) is 6.61 Å². The summed E-state index contributed by atoms with van der Waals surface area (Å²) in [4.78, 5) is 11.0. The number of halogens is 1. The van der Waals surface area contributed by atoms with Crippen LogP contribution in [0.2, 0.25) is 0 Å². The lowest BCUT2D eigenvalue weighted by Gasteiger charge is -2.03. The fourth-order valence-electron chi connectivity index (χ4n) is 0.705. The Balaban J connectivity index is 4.22. The normalized spacial score (nSPS) is 12.2. The largest absolute Gasteiger partial charge is 0.462 e. The highest BCUT2D eigenvalue weighted by Crippen LogP contribution is 2.11. The van der Waals surface area contributed by atoms with Crippen LogP contribution in [-0.4, -0.2) is 12.6 Å². The highest BCUT2D eigenvalue weighted by Gasteiger charge is 2.10. The van der Waals surface area contributed by atoms with Gasteiger partial charge in [0.15, 0.2) is 0 Å². The van der Waals surface area contributed by atoms with E-state index < -0.39 is 5.97 Å². The minimum Gasteiger partial charge on any atom is -0.462 e. The molecule has 0 saturated heterocycles. The van der Waals surface area contributed by atoms with Gasteiger partial charge in [0, 0.05) is 5.70 Å². The van der Waals surface area contributed by atoms with E-state index in [-0.39, 0.29) is 5.03 Å². The Kier molecular flexibility index (Phi) is 5.54. The highest BCUT2D eigenvalue weighted by molar-refractivity contribution is 6.41. The third-order valence-corrected chi connectivity index (χ3v) is 1.65. The number of esters is 1. The predicted octanol–water partition coefficient (Wildman–Crippen LogP) is 1.76. The Morgan fingerprint density at radius 3 is 2.50 bits per heavy atom. The van der Waals surface area contributed by atoms with Crippen LogP contribution in [0.3, 0.4) is 0 Å². The minimum atomic E-state index is -0.537. The molecule has 0 amide bonds. The lowest BCUT2D eigenvalue weighted by atomic mass is 10.2. The average molecular weight is 192 g/mol. The molecule has 0 aliphatic heterocycles. The molecular formula is C8H14ClNO2. The maximum atomic E-state index is 11.0. The van der Waals surface area contributed by atoms with Crippen LogP contribution in [-0.2, 0) is 9.53 Å². The van der Waals surface area contributed by atoms with Crippen molar-refractivity contribution in [3.05, 3.63) is 10.7 Å². The van der Waals surface area contributed by atoms with Crippen molar-refractivity contribution < 1.29 is 9.53 Å². The Hall–Kier alpha value is -0.700. The van der Waals surface area contributed by atoms with Crippen LogP contribution < -0.4 is 5.73 Å². The molecule has 0 aromatic heterocycles. The molecule has 4 heteroatoms. The molecule has 0 rings (SSSR count). The van der Waals surface area contributed by atoms with Crippen LogP contribution in [0.4, 0.5) is 0 Å². The number of ether oxygens (including phenoxy) is 1. The number of nitrogens with two attached hydrogens (primary N) is 1. The predicted molar refractivity (Wildman–Crippen MR) is 48.6 cm³/mol. The first-order chi connectivity index (χ1) is 5.63. The fourth-order valence-corrected chi connectivity index (χ4v) is 0.854. The van der Waals surface area contributed by atoms with Crippen LogP contribution in [0.1, 0.15) is 26.7 Å². The SMILES string of the molecule is CCC/C(N)=C(\Cl)C(=O)OCC. The molecule has 0 bridgehead atoms. The number of allylic oxidation sites excluding steroid dienone is 1. The molecule has 0 fully saturated rings. The number of carbonyl (C=O) groups excluding carboxylic acids is 1. The fraction of sp³-hybridized carbons (Fsp3) is 0.625. The zero-order valence-electron chi connectivity index (χ0n) is 7.39. The van der Waals surface area contributed by atoms with Gasteiger partial charge < -0.3 is 10.5 Å². The molecular weight excluding hydrogens is 178 g/mol. The zero-order valence-corrected chi connectivity index (χ0v) is 8.15. The number of hydrogen-bond acceptors (Lipinski definition) is 3. The standard InChI is InChI=1S/C8H14ClNO2/c1-3-5-6(10)7(9)8(11)12-4-2/h3-5,10H2,1-2H3/b7-6+. The molecule has 0 radical (unpaired) electrons. The van der Waals surface area contributed by atoms with Crippen LogP contribution in [0, 0.1) is 0 Å². The molecule has 70 valence electrons. The van der Waals surface area contributed by atoms with Crippen molar-refractivity contribution in [3.8, 4) is 0 Å². The summed E-state index contributed by atoms with van der Waals surface area (Å²) in [6, 6.07) is 0. The Bertz CT molecular complexity index is 189. The van der Waals surface area contributed by atoms with Crippen LogP contribution in [0.25, 0.3) is 0 Å². The van der Waals surface area contributed by atoms with E-state index in [2.05, 4.69) is 4.74 Å². The van der Waals surface area contributed by atoms with Gasteiger partial charge in [0.25, 0.3) is 0 Å². The van der Waals surface area contributed by atoms with Crippen molar-refractivity contribution in [2.45, 2.75) is 26.7 Å². The van der Waals surface area contributed by atoms with Crippen molar-refractivity contribution in [2.24, 2.45) is 5.73 Å². The molecule has 12 heavy (non-hydrogen) atoms. The third-order valence-electron chi connectivity index (χ3n) is 1.26. The number of carbonyl (C=O) groups is 1. The van der Waals surface area contributed by atoms with Crippen molar-refractivity contribution in [3.63, 3.8) is 0 Å². The van der Waals surface area contributed by atoms with Crippen LogP contribution in [0.15, 0.2) is 10.7 Å². The topological polar surface area (TPSA) is 52.3 Å². The van der Waals surface area contributed by atoms with Crippen molar-refractivity contribution >= 4 is 17.6 Å². The summed E-state index contributed by atoms with van der Waals surface area (Å²) < 4.78 is 4.66. The van der Waals surface area contributed by atoms with Crippen molar-refractivity contribution in [1.29, 1.82) is 0 Å². The monoisotopic (exact) mass is 191 g/mol. The molecule has 2 N–H and O–H groups in total. The zero-order chi connectivity index (χ0) is 9.56. The maximum absolute atomic E-state index is 11.0. The lowest BCUT2D eigenvalue weighted by Crippen LogP contribution is -2.10. The summed E-state index contributed by atoms with van der Waals surface area (Å²) in [7, 11) is 0. The molecule has 3 nitrogen and oxygen atoms in total. The second-order valence-corrected chi connectivity index (χ2v) is 2.69. The van der Waals surface area contributed by atoms with E-state index in [9.17, 15) is 4.79 Å². The van der Waals surface area contributed by atoms with Gasteiger partial charge >= 0.3 is 5.97 Å². The summed E-state index contributed by atoms with van der Waals surface area (Å²) in [5.41, 5.74) is 5.91. The first-order valence-corrected chi connectivity index (χ1v) is 4.32. The second-order valence-electron chi connectivity index (χ2n) is 2.31. The second kappa shape index (κ2) is 5.89. The summed E-state index contributed by atoms with van der Waals surface area (Å²) >= 11 is 5.62. The minimum absolute atomic E-state index is 0.0127. The van der Waals surface area contributed by atoms with Crippen LogP contribution in [0.5, 0.6) is 0 Å². The highest BCUT2D eigenvalue weighted by atomic mass is 35.5. The van der Waals surface area contributed by atoms with Crippen LogP contribution >= 0.6 is 11.6 Å². The van der Waals surface area contributed by atoms with Gasteiger partial charge in [-0.3, -0.25) is 0 Å². The van der Waals surface area contributed by atoms with E-state index in [0.29, 0.717) is 18.7 Å². The van der Waals surface area contributed by atoms with Gasteiger partial charge in [0.2, 0.25) is 0 Å². The molecule has 0 atom stereocenters. The van der Waals surface area contributed by atoms with Gasteiger partial charge in [0.1, 0.15) is 5.03 Å². The summed E-state index contributed by atoms with van der Waals surface area (Å²) in [5, 5.41) is 0.0127. The van der Waals surface area contributed by atoms with E-state index in [1.54, 1.807) is 6.92 Å². The van der Waals surface area contributed by atoms with E-state index in [4.69, 9.17) is 17.3 Å². The third kappa shape index (κ3) is 3.62. The lowest BCUT2D eigenvalue weighted by molar-refractivity contribution is -0.137. The average Bonchev–Trinajstić information content (AvgIpc) is 2.04. The quantitative estimate of drug-likeness (QED) is 0.544. The van der Waals surface area contributed by atoms with Gasteiger partial charge in [-0.25, -0.2) is 4.79 Å². The molecule has 0 aromatic rings. The molecule has 0 aromatic carbocycles. The van der Waals surface area contributed by atoms with Gasteiger partial charge in [0.05, 0.1) is 6.61 Å². The summed E-state index contributed by atoms with van der Waals surface area (Å²) in [5.74, 6) is -0.537. The Morgan fingerprint density at radius 1 is 1.50 bits per heavy atom. The smallest absolute Gasteiger partial charge is 0.351 e. The van der Waals surface area contributed by atoms with E-state index in [1.807, 2.05) is 6.92 Å². The number of rotatable bonds is 4. The van der Waals surface area contributed by atoms with Gasteiger partial charge in [-0.2, -0.15) is 0 Å². The van der Waals surface area contributed by atoms with E-state index >= 15 is 0 Å². The Morgan fingerprint density at radius 2 is 2.08 bits per heavy atom.